The summed E-state index contributed by atoms with van der Waals surface area (Å²) < 4.78 is 2.61. The minimum absolute atomic E-state index is 0.0473. The number of anilines is 1. The molecule has 2 fully saturated rings. The van der Waals surface area contributed by atoms with Crippen molar-refractivity contribution in [3.63, 3.8) is 0 Å². The lowest BCUT2D eigenvalue weighted by Gasteiger charge is -2.30. The highest BCUT2D eigenvalue weighted by atomic mass is 32.1. The zero-order valence-electron chi connectivity index (χ0n) is 20.9. The van der Waals surface area contributed by atoms with Gasteiger partial charge in [0.15, 0.2) is 5.11 Å². The van der Waals surface area contributed by atoms with E-state index in [1.807, 2.05) is 18.3 Å². The van der Waals surface area contributed by atoms with Crippen LogP contribution in [0.3, 0.4) is 0 Å². The van der Waals surface area contributed by atoms with E-state index in [0.717, 1.165) is 36.0 Å². The second kappa shape index (κ2) is 10.8. The fourth-order valence-electron chi connectivity index (χ4n) is 6.03. The van der Waals surface area contributed by atoms with E-state index in [9.17, 15) is 0 Å². The van der Waals surface area contributed by atoms with Crippen molar-refractivity contribution < 1.29 is 0 Å². The first-order valence-corrected chi connectivity index (χ1v) is 13.5. The molecule has 1 saturated carbocycles. The molecule has 2 N–H and O–H groups in total. The summed E-state index contributed by atoms with van der Waals surface area (Å²) in [5.41, 5.74) is 6.35. The third-order valence-corrected chi connectivity index (χ3v) is 8.01. The third-order valence-electron chi connectivity index (χ3n) is 7.66. The van der Waals surface area contributed by atoms with Crippen LogP contribution >= 0.6 is 12.2 Å². The van der Waals surface area contributed by atoms with Crippen LogP contribution in [0.15, 0.2) is 60.8 Å². The van der Waals surface area contributed by atoms with Crippen molar-refractivity contribution in [2.24, 2.45) is 0 Å². The molecule has 5 rings (SSSR count). The zero-order valence-corrected chi connectivity index (χ0v) is 21.7. The Hall–Kier alpha value is -2.86. The van der Waals surface area contributed by atoms with Gasteiger partial charge in [-0.05, 0) is 81.2 Å². The number of pyridine rings is 1. The van der Waals surface area contributed by atoms with Gasteiger partial charge in [0.05, 0.1) is 17.8 Å². The number of benzene rings is 1. The van der Waals surface area contributed by atoms with Gasteiger partial charge in [-0.25, -0.2) is 0 Å². The standard InChI is InChI=1S/C29H37N5S/c1-21-20-25(22(2)34(21)24-14-7-4-8-15-24)28-27(26-16-9-10-17-31-26)32-29(35)33(28)19-11-18-30-23-12-5-3-6-13-23/h3,5-6,9-10,12-13,16-17,20,24,27-28,30H,4,7-8,11,14-15,18-19H2,1-2H3,(H,32,35)/t27-,28+/m1/s1. The number of rotatable bonds is 8. The molecule has 6 heteroatoms. The molecule has 35 heavy (non-hydrogen) atoms. The maximum atomic E-state index is 5.91. The Kier molecular flexibility index (Phi) is 7.37. The van der Waals surface area contributed by atoms with E-state index >= 15 is 0 Å². The van der Waals surface area contributed by atoms with Gasteiger partial charge in [-0.2, -0.15) is 0 Å². The first-order chi connectivity index (χ1) is 17.1. The average molecular weight is 488 g/mol. The highest BCUT2D eigenvalue weighted by Crippen LogP contribution is 2.42. The molecule has 2 atom stereocenters. The number of thiocarbonyl (C=S) groups is 1. The van der Waals surface area contributed by atoms with Gasteiger partial charge < -0.3 is 20.1 Å². The Balaban J connectivity index is 1.41. The van der Waals surface area contributed by atoms with Gasteiger partial charge in [-0.15, -0.1) is 0 Å². The number of para-hydroxylation sites is 1. The minimum atomic E-state index is 0.0473. The molecule has 0 bridgehead atoms. The predicted octanol–water partition coefficient (Wildman–Crippen LogP) is 6.48. The molecule has 1 aliphatic carbocycles. The van der Waals surface area contributed by atoms with Crippen molar-refractivity contribution in [2.75, 3.05) is 18.4 Å². The van der Waals surface area contributed by atoms with Crippen LogP contribution in [-0.2, 0) is 0 Å². The molecule has 0 spiro atoms. The summed E-state index contributed by atoms with van der Waals surface area (Å²) in [4.78, 5) is 7.12. The van der Waals surface area contributed by atoms with Gasteiger partial charge >= 0.3 is 0 Å². The highest BCUT2D eigenvalue weighted by Gasteiger charge is 2.41. The summed E-state index contributed by atoms with van der Waals surface area (Å²) >= 11 is 5.91. The fraction of sp³-hybridized carbons (Fsp3) is 0.448. The summed E-state index contributed by atoms with van der Waals surface area (Å²) in [6, 6.07) is 19.8. The lowest BCUT2D eigenvalue weighted by Crippen LogP contribution is -2.31. The maximum absolute atomic E-state index is 5.91. The quantitative estimate of drug-likeness (QED) is 0.281. The fourth-order valence-corrected chi connectivity index (χ4v) is 6.36. The van der Waals surface area contributed by atoms with Crippen LogP contribution < -0.4 is 10.6 Å². The Morgan fingerprint density at radius 2 is 1.80 bits per heavy atom. The molecule has 5 nitrogen and oxygen atoms in total. The Morgan fingerprint density at radius 1 is 1.03 bits per heavy atom. The van der Waals surface area contributed by atoms with Crippen molar-refractivity contribution in [3.8, 4) is 0 Å². The van der Waals surface area contributed by atoms with Gasteiger partial charge in [0, 0.05) is 42.4 Å². The molecule has 184 valence electrons. The number of hydrogen-bond donors (Lipinski definition) is 2. The molecule has 0 radical (unpaired) electrons. The summed E-state index contributed by atoms with van der Waals surface area (Å²) in [7, 11) is 0. The molecule has 2 aromatic heterocycles. The summed E-state index contributed by atoms with van der Waals surface area (Å²) in [5.74, 6) is 0. The van der Waals surface area contributed by atoms with Gasteiger partial charge in [-0.3, -0.25) is 4.98 Å². The van der Waals surface area contributed by atoms with Gasteiger partial charge in [0.2, 0.25) is 0 Å². The number of aromatic nitrogens is 2. The van der Waals surface area contributed by atoms with Crippen molar-refractivity contribution in [2.45, 2.75) is 70.5 Å². The summed E-state index contributed by atoms with van der Waals surface area (Å²) in [6.45, 7) is 6.39. The average Bonchev–Trinajstić information content (AvgIpc) is 3.38. The van der Waals surface area contributed by atoms with Crippen LogP contribution in [0.25, 0.3) is 0 Å². The van der Waals surface area contributed by atoms with Gasteiger partial charge in [0.25, 0.3) is 0 Å². The van der Waals surface area contributed by atoms with Crippen molar-refractivity contribution in [1.29, 1.82) is 0 Å². The van der Waals surface area contributed by atoms with Crippen molar-refractivity contribution in [3.05, 3.63) is 83.4 Å². The lowest BCUT2D eigenvalue weighted by molar-refractivity contribution is 0.311. The maximum Gasteiger partial charge on any atom is 0.170 e. The first-order valence-electron chi connectivity index (χ1n) is 13.1. The number of hydrogen-bond acceptors (Lipinski definition) is 3. The third kappa shape index (κ3) is 5.08. The molecular formula is C29H37N5S. The Morgan fingerprint density at radius 3 is 2.54 bits per heavy atom. The normalized spacial score (nSPS) is 20.7. The van der Waals surface area contributed by atoms with Crippen molar-refractivity contribution >= 4 is 23.0 Å². The minimum Gasteiger partial charge on any atom is -0.385 e. The van der Waals surface area contributed by atoms with Crippen LogP contribution in [0.5, 0.6) is 0 Å². The van der Waals surface area contributed by atoms with E-state index in [0.29, 0.717) is 6.04 Å². The van der Waals surface area contributed by atoms with E-state index in [1.54, 1.807) is 0 Å². The lowest BCUT2D eigenvalue weighted by atomic mass is 9.94. The van der Waals surface area contributed by atoms with E-state index in [-0.39, 0.29) is 12.1 Å². The Labute approximate surface area is 215 Å². The molecule has 3 heterocycles. The van der Waals surface area contributed by atoms with E-state index in [1.165, 1.54) is 49.1 Å². The number of nitrogens with one attached hydrogen (secondary N) is 2. The smallest absolute Gasteiger partial charge is 0.170 e. The molecule has 1 saturated heterocycles. The topological polar surface area (TPSA) is 45.1 Å². The Bertz CT molecular complexity index is 1120. The molecule has 1 aliphatic heterocycles. The van der Waals surface area contributed by atoms with Gasteiger partial charge in [0.1, 0.15) is 0 Å². The summed E-state index contributed by atoms with van der Waals surface area (Å²) in [6.07, 6.45) is 9.51. The molecule has 2 aliphatic rings. The second-order valence-electron chi connectivity index (χ2n) is 9.95. The van der Waals surface area contributed by atoms with Crippen LogP contribution in [0.4, 0.5) is 5.69 Å². The monoisotopic (exact) mass is 487 g/mol. The molecule has 1 aromatic carbocycles. The van der Waals surface area contributed by atoms with Crippen LogP contribution in [0.2, 0.25) is 0 Å². The largest absolute Gasteiger partial charge is 0.385 e. The molecule has 3 aromatic rings. The van der Waals surface area contributed by atoms with Gasteiger partial charge in [-0.1, -0.05) is 43.5 Å². The van der Waals surface area contributed by atoms with E-state index < -0.39 is 0 Å². The second-order valence-corrected chi connectivity index (χ2v) is 10.3. The van der Waals surface area contributed by atoms with Crippen LogP contribution in [0.1, 0.15) is 79.3 Å². The SMILES string of the molecule is Cc1cc([C@H]2[C@@H](c3ccccn3)NC(=S)N2CCCNc2ccccc2)c(C)n1C1CCCCC1. The highest BCUT2D eigenvalue weighted by molar-refractivity contribution is 7.80. The molecule has 0 amide bonds. The predicted molar refractivity (Wildman–Crippen MR) is 148 cm³/mol. The zero-order chi connectivity index (χ0) is 24.2. The van der Waals surface area contributed by atoms with Crippen molar-refractivity contribution in [1.82, 2.24) is 19.8 Å². The van der Waals surface area contributed by atoms with Crippen LogP contribution in [0, 0.1) is 13.8 Å². The van der Waals surface area contributed by atoms with E-state index in [4.69, 9.17) is 17.2 Å². The van der Waals surface area contributed by atoms with E-state index in [2.05, 4.69) is 76.4 Å². The first kappa shape index (κ1) is 23.9. The number of aryl methyl sites for hydroxylation is 1. The molecular weight excluding hydrogens is 450 g/mol. The number of nitrogens with zero attached hydrogens (tertiary/aromatic N) is 3. The summed E-state index contributed by atoms with van der Waals surface area (Å²) in [5, 5.41) is 8.00. The molecule has 0 unspecified atom stereocenters. The van der Waals surface area contributed by atoms with Crippen LogP contribution in [-0.4, -0.2) is 32.7 Å².